The predicted octanol–water partition coefficient (Wildman–Crippen LogP) is 1.65. The van der Waals surface area contributed by atoms with Crippen LogP contribution >= 0.6 is 11.8 Å². The first-order chi connectivity index (χ1) is 11.6. The van der Waals surface area contributed by atoms with Crippen LogP contribution in [0.1, 0.15) is 10.4 Å². The van der Waals surface area contributed by atoms with Gasteiger partial charge in [-0.05, 0) is 17.8 Å². The van der Waals surface area contributed by atoms with Gasteiger partial charge in [0.05, 0.1) is 15.9 Å². The van der Waals surface area contributed by atoms with Crippen molar-refractivity contribution in [3.8, 4) is 0 Å². The molecule has 0 spiro atoms. The van der Waals surface area contributed by atoms with E-state index >= 15 is 0 Å². The normalized spacial score (nSPS) is 14.6. The van der Waals surface area contributed by atoms with E-state index in [1.165, 1.54) is 17.2 Å². The van der Waals surface area contributed by atoms with Gasteiger partial charge in [-0.1, -0.05) is 0 Å². The number of nitro groups is 1. The summed E-state index contributed by atoms with van der Waals surface area (Å²) < 4.78 is 14.2. The zero-order chi connectivity index (χ0) is 17.1. The van der Waals surface area contributed by atoms with Crippen LogP contribution in [0.3, 0.4) is 0 Å². The fourth-order valence-corrected chi connectivity index (χ4v) is 3.17. The molecule has 1 aromatic carbocycles. The smallest absolute Gasteiger partial charge is 0.285 e. The number of halogens is 1. The molecule has 126 valence electrons. The molecule has 1 fully saturated rings. The van der Waals surface area contributed by atoms with Crippen molar-refractivity contribution in [2.75, 3.05) is 26.2 Å². The molecule has 1 saturated heterocycles. The second kappa shape index (κ2) is 6.97. The van der Waals surface area contributed by atoms with Crippen LogP contribution in [0, 0.1) is 15.9 Å². The Morgan fingerprint density at radius 3 is 2.75 bits per heavy atom. The number of carbonyl (C=O) groups is 1. The molecule has 24 heavy (non-hydrogen) atoms. The monoisotopic (exact) mass is 351 g/mol. The highest BCUT2D eigenvalue weighted by molar-refractivity contribution is 7.99. The van der Waals surface area contributed by atoms with E-state index in [0.29, 0.717) is 31.3 Å². The van der Waals surface area contributed by atoms with Gasteiger partial charge in [0.1, 0.15) is 11.4 Å². The van der Waals surface area contributed by atoms with Gasteiger partial charge in [-0.15, -0.1) is 0 Å². The van der Waals surface area contributed by atoms with Gasteiger partial charge in [0.15, 0.2) is 5.16 Å². The summed E-state index contributed by atoms with van der Waals surface area (Å²) in [5, 5.41) is 14.8. The van der Waals surface area contributed by atoms with E-state index in [9.17, 15) is 19.3 Å². The van der Waals surface area contributed by atoms with Crippen molar-refractivity contribution in [3.05, 3.63) is 46.0 Å². The predicted molar refractivity (Wildman–Crippen MR) is 84.5 cm³/mol. The topological polar surface area (TPSA) is 104 Å². The van der Waals surface area contributed by atoms with Crippen LogP contribution < -0.4 is 5.32 Å². The second-order valence-electron chi connectivity index (χ2n) is 5.10. The highest BCUT2D eigenvalue weighted by Gasteiger charge is 2.28. The van der Waals surface area contributed by atoms with Crippen LogP contribution in [0.25, 0.3) is 0 Å². The van der Waals surface area contributed by atoms with E-state index in [-0.39, 0.29) is 10.5 Å². The number of amides is 1. The van der Waals surface area contributed by atoms with Crippen molar-refractivity contribution in [1.29, 1.82) is 0 Å². The van der Waals surface area contributed by atoms with E-state index in [1.54, 1.807) is 6.20 Å². The van der Waals surface area contributed by atoms with Crippen LogP contribution in [0.4, 0.5) is 10.1 Å². The van der Waals surface area contributed by atoms with Crippen molar-refractivity contribution in [2.45, 2.75) is 10.1 Å². The zero-order valence-electron chi connectivity index (χ0n) is 12.5. The Bertz CT molecular complexity index is 762. The number of nitro benzene ring substituents is 1. The third-order valence-corrected chi connectivity index (χ3v) is 4.51. The number of nitrogens with one attached hydrogen (secondary N) is 2. The maximum atomic E-state index is 14.2. The molecule has 0 atom stereocenters. The Labute approximate surface area is 140 Å². The fourth-order valence-electron chi connectivity index (χ4n) is 2.39. The summed E-state index contributed by atoms with van der Waals surface area (Å²) in [5.74, 6) is -1.23. The number of imidazole rings is 1. The lowest BCUT2D eigenvalue weighted by molar-refractivity contribution is -0.385. The minimum Gasteiger partial charge on any atom is -0.339 e. The molecule has 1 amide bonds. The molecule has 8 nitrogen and oxygen atoms in total. The minimum absolute atomic E-state index is 0.106. The lowest BCUT2D eigenvalue weighted by Gasteiger charge is -2.27. The summed E-state index contributed by atoms with van der Waals surface area (Å²) in [6.07, 6.45) is 3.09. The molecule has 0 unspecified atom stereocenters. The van der Waals surface area contributed by atoms with Crippen LogP contribution in [-0.4, -0.2) is 51.9 Å². The number of H-pyrrole nitrogens is 1. The summed E-state index contributed by atoms with van der Waals surface area (Å²) in [6, 6.07) is 2.02. The van der Waals surface area contributed by atoms with Crippen molar-refractivity contribution < 1.29 is 14.1 Å². The molecule has 2 heterocycles. The van der Waals surface area contributed by atoms with Gasteiger partial charge >= 0.3 is 0 Å². The number of carbonyl (C=O) groups excluding carboxylic acids is 1. The van der Waals surface area contributed by atoms with Gasteiger partial charge in [0.2, 0.25) is 0 Å². The Kier molecular flexibility index (Phi) is 4.76. The number of nitrogens with zero attached hydrogens (tertiary/aromatic N) is 3. The van der Waals surface area contributed by atoms with Gasteiger partial charge in [-0.3, -0.25) is 14.9 Å². The average molecular weight is 351 g/mol. The van der Waals surface area contributed by atoms with E-state index < -0.39 is 22.3 Å². The largest absolute Gasteiger partial charge is 0.339 e. The molecule has 0 bridgehead atoms. The third kappa shape index (κ3) is 3.39. The van der Waals surface area contributed by atoms with Crippen LogP contribution in [0.2, 0.25) is 0 Å². The fraction of sp³-hybridized carbons (Fsp3) is 0.286. The molecule has 2 N–H and O–H groups in total. The number of benzene rings is 1. The summed E-state index contributed by atoms with van der Waals surface area (Å²) >= 11 is 0.972. The summed E-state index contributed by atoms with van der Waals surface area (Å²) in [5.41, 5.74) is -0.641. The van der Waals surface area contributed by atoms with Crippen molar-refractivity contribution in [1.82, 2.24) is 20.2 Å². The minimum atomic E-state index is -0.764. The molecule has 0 aliphatic carbocycles. The van der Waals surface area contributed by atoms with E-state index in [0.717, 1.165) is 17.8 Å². The number of hydrogen-bond donors (Lipinski definition) is 2. The Hall–Kier alpha value is -2.46. The Balaban J connectivity index is 1.98. The first-order valence-electron chi connectivity index (χ1n) is 7.21. The number of piperazine rings is 1. The highest BCUT2D eigenvalue weighted by Crippen LogP contribution is 2.33. The van der Waals surface area contributed by atoms with Gasteiger partial charge in [-0.25, -0.2) is 9.37 Å². The third-order valence-electron chi connectivity index (χ3n) is 3.56. The van der Waals surface area contributed by atoms with Gasteiger partial charge in [-0.2, -0.15) is 0 Å². The SMILES string of the molecule is O=C(c1cc(Sc2ncc[nH]2)c(F)cc1[N+](=O)[O-])N1CCNCC1. The van der Waals surface area contributed by atoms with Crippen LogP contribution in [0.5, 0.6) is 0 Å². The van der Waals surface area contributed by atoms with Gasteiger partial charge < -0.3 is 15.2 Å². The Morgan fingerprint density at radius 1 is 1.38 bits per heavy atom. The number of rotatable bonds is 4. The van der Waals surface area contributed by atoms with E-state index in [2.05, 4.69) is 15.3 Å². The standard InChI is InChI=1S/C14H14FN5O3S/c15-10-8-11(20(22)23)9(13(21)19-5-3-16-4-6-19)7-12(10)24-14-17-1-2-18-14/h1-2,7-8,16H,3-6H2,(H,17,18). The molecule has 3 rings (SSSR count). The molecule has 1 aliphatic heterocycles. The maximum Gasteiger partial charge on any atom is 0.285 e. The first-order valence-corrected chi connectivity index (χ1v) is 8.03. The second-order valence-corrected chi connectivity index (χ2v) is 6.13. The van der Waals surface area contributed by atoms with Crippen molar-refractivity contribution in [3.63, 3.8) is 0 Å². The first kappa shape index (κ1) is 16.4. The van der Waals surface area contributed by atoms with Crippen molar-refractivity contribution >= 4 is 23.4 Å². The molecule has 0 saturated carbocycles. The molecule has 1 aromatic heterocycles. The lowest BCUT2D eigenvalue weighted by Crippen LogP contribution is -2.46. The highest BCUT2D eigenvalue weighted by atomic mass is 32.2. The number of hydrogen-bond acceptors (Lipinski definition) is 6. The summed E-state index contributed by atoms with van der Waals surface area (Å²) in [4.78, 5) is 31.5. The van der Waals surface area contributed by atoms with Crippen molar-refractivity contribution in [2.24, 2.45) is 0 Å². The Morgan fingerprint density at radius 2 is 2.12 bits per heavy atom. The quantitative estimate of drug-likeness (QED) is 0.641. The molecule has 0 radical (unpaired) electrons. The lowest BCUT2D eigenvalue weighted by atomic mass is 10.1. The average Bonchev–Trinajstić information content (AvgIpc) is 3.09. The molecular formula is C14H14FN5O3S. The summed E-state index contributed by atoms with van der Waals surface area (Å²) in [7, 11) is 0. The van der Waals surface area contributed by atoms with Crippen LogP contribution in [-0.2, 0) is 0 Å². The van der Waals surface area contributed by atoms with Gasteiger partial charge in [0.25, 0.3) is 11.6 Å². The zero-order valence-corrected chi connectivity index (χ0v) is 13.3. The summed E-state index contributed by atoms with van der Waals surface area (Å²) in [6.45, 7) is 2.14. The van der Waals surface area contributed by atoms with E-state index in [4.69, 9.17) is 0 Å². The van der Waals surface area contributed by atoms with Gasteiger partial charge in [0, 0.05) is 38.6 Å². The molecular weight excluding hydrogens is 337 g/mol. The molecule has 1 aliphatic rings. The molecule has 2 aromatic rings. The number of aromatic nitrogens is 2. The molecule has 10 heteroatoms. The van der Waals surface area contributed by atoms with Crippen LogP contribution in [0.15, 0.2) is 34.6 Å². The number of aromatic amines is 1. The van der Waals surface area contributed by atoms with E-state index in [1.807, 2.05) is 0 Å². The maximum absolute atomic E-state index is 14.2.